The number of piperazine rings is 1. The molecule has 1 heterocycles. The molecular weight excluding hydrogens is 482 g/mol. The number of benzene rings is 1. The summed E-state index contributed by atoms with van der Waals surface area (Å²) in [6.07, 6.45) is 9.71. The van der Waals surface area contributed by atoms with E-state index in [1.807, 2.05) is 19.1 Å². The molecule has 8 heteroatoms. The molecule has 192 valence electrons. The Labute approximate surface area is 215 Å². The van der Waals surface area contributed by atoms with Gasteiger partial charge in [-0.2, -0.15) is 0 Å². The molecule has 0 aromatic heterocycles. The first-order chi connectivity index (χ1) is 16.7. The van der Waals surface area contributed by atoms with Crippen LogP contribution in [-0.4, -0.2) is 57.7 Å². The van der Waals surface area contributed by atoms with E-state index in [9.17, 15) is 8.42 Å². The fourth-order valence-corrected chi connectivity index (χ4v) is 6.84. The van der Waals surface area contributed by atoms with Crippen LogP contribution in [0.4, 0.5) is 5.69 Å². The summed E-state index contributed by atoms with van der Waals surface area (Å²) in [5, 5.41) is 0.486. The van der Waals surface area contributed by atoms with E-state index in [0.717, 1.165) is 63.2 Å². The van der Waals surface area contributed by atoms with Gasteiger partial charge in [-0.1, -0.05) is 35.9 Å². The molecule has 1 saturated heterocycles. The number of rotatable bonds is 7. The highest BCUT2D eigenvalue weighted by Crippen LogP contribution is 2.32. The molecular formula is C27H38ClN3O3S. The van der Waals surface area contributed by atoms with Gasteiger partial charge in [-0.3, -0.25) is 4.90 Å². The number of nitrogens with one attached hydrogen (secondary N) is 1. The first-order valence-electron chi connectivity index (χ1n) is 12.7. The third kappa shape index (κ3) is 6.70. The Bertz CT molecular complexity index is 1080. The topological polar surface area (TPSA) is 61.9 Å². The van der Waals surface area contributed by atoms with Gasteiger partial charge in [-0.15, -0.1) is 0 Å². The quantitative estimate of drug-likeness (QED) is 0.537. The van der Waals surface area contributed by atoms with Gasteiger partial charge in [-0.05, 0) is 76.7 Å². The van der Waals surface area contributed by atoms with E-state index in [-0.39, 0.29) is 17.1 Å². The van der Waals surface area contributed by atoms with Crippen molar-refractivity contribution >= 4 is 27.3 Å². The normalized spacial score (nSPS) is 24.5. The zero-order valence-corrected chi connectivity index (χ0v) is 22.6. The maximum Gasteiger partial charge on any atom is 0.240 e. The summed E-state index contributed by atoms with van der Waals surface area (Å²) in [6.45, 7) is 9.99. The second-order valence-corrected chi connectivity index (χ2v) is 12.1. The van der Waals surface area contributed by atoms with Crippen LogP contribution in [-0.2, 0) is 10.0 Å². The lowest BCUT2D eigenvalue weighted by atomic mass is 9.90. The molecule has 0 radical (unpaired) electrons. The van der Waals surface area contributed by atoms with Gasteiger partial charge in [-0.25, -0.2) is 13.1 Å². The van der Waals surface area contributed by atoms with Crippen LogP contribution >= 0.6 is 11.6 Å². The number of sulfonamides is 1. The van der Waals surface area contributed by atoms with Crippen molar-refractivity contribution in [2.45, 2.75) is 71.1 Å². The van der Waals surface area contributed by atoms with Gasteiger partial charge in [0.2, 0.25) is 10.0 Å². The Balaban J connectivity index is 1.28. The van der Waals surface area contributed by atoms with E-state index in [2.05, 4.69) is 46.6 Å². The van der Waals surface area contributed by atoms with Crippen molar-refractivity contribution in [2.24, 2.45) is 0 Å². The molecule has 1 saturated carbocycles. The third-order valence-electron chi connectivity index (χ3n) is 7.12. The lowest BCUT2D eigenvalue weighted by Crippen LogP contribution is -2.52. The van der Waals surface area contributed by atoms with Gasteiger partial charge in [0.15, 0.2) is 0 Å². The van der Waals surface area contributed by atoms with E-state index in [1.54, 1.807) is 12.2 Å². The average molecular weight is 520 g/mol. The lowest BCUT2D eigenvalue weighted by molar-refractivity contribution is 0.139. The van der Waals surface area contributed by atoms with Crippen molar-refractivity contribution in [1.82, 2.24) is 9.62 Å². The molecule has 2 fully saturated rings. The number of allylic oxidation sites excluding steroid dienone is 5. The van der Waals surface area contributed by atoms with Crippen LogP contribution in [0.5, 0.6) is 5.75 Å². The minimum Gasteiger partial charge on any atom is -0.489 e. The third-order valence-corrected chi connectivity index (χ3v) is 9.07. The first kappa shape index (κ1) is 26.3. The minimum atomic E-state index is -3.57. The van der Waals surface area contributed by atoms with E-state index >= 15 is 0 Å². The van der Waals surface area contributed by atoms with Crippen LogP contribution in [0.15, 0.2) is 58.0 Å². The molecule has 2 aliphatic carbocycles. The summed E-state index contributed by atoms with van der Waals surface area (Å²) in [6, 6.07) is 8.79. The number of nitrogens with zero attached hydrogens (tertiary/aromatic N) is 2. The molecule has 0 unspecified atom stereocenters. The smallest absolute Gasteiger partial charge is 0.240 e. The molecule has 0 atom stereocenters. The molecule has 3 aliphatic rings. The highest BCUT2D eigenvalue weighted by molar-refractivity contribution is 7.93. The first-order valence-corrected chi connectivity index (χ1v) is 14.6. The summed E-state index contributed by atoms with van der Waals surface area (Å²) < 4.78 is 34.9. The SMILES string of the molecule is CC1=CCC=C(S(=O)(=O)NC2CCC(N3CCN(c4ccccc4OC(C)C)CC3)CC2)C=C1Cl. The summed E-state index contributed by atoms with van der Waals surface area (Å²) >= 11 is 6.24. The number of anilines is 1. The maximum atomic E-state index is 13.0. The van der Waals surface area contributed by atoms with Gasteiger partial charge in [0.1, 0.15) is 5.75 Å². The van der Waals surface area contributed by atoms with Crippen molar-refractivity contribution in [2.75, 3.05) is 31.1 Å². The Hall–Kier alpha value is -1.80. The van der Waals surface area contributed by atoms with Crippen molar-refractivity contribution < 1.29 is 13.2 Å². The predicted octanol–water partition coefficient (Wildman–Crippen LogP) is 5.18. The monoisotopic (exact) mass is 519 g/mol. The zero-order valence-electron chi connectivity index (χ0n) is 21.0. The van der Waals surface area contributed by atoms with Gasteiger partial charge in [0, 0.05) is 43.3 Å². The van der Waals surface area contributed by atoms with E-state index < -0.39 is 10.0 Å². The number of halogens is 1. The Morgan fingerprint density at radius 3 is 2.40 bits per heavy atom. The molecule has 0 spiro atoms. The molecule has 1 aromatic carbocycles. The van der Waals surface area contributed by atoms with Crippen LogP contribution in [0.2, 0.25) is 0 Å². The molecule has 1 N–H and O–H groups in total. The number of para-hydroxylation sites is 2. The van der Waals surface area contributed by atoms with Crippen LogP contribution in [0.1, 0.15) is 52.9 Å². The Morgan fingerprint density at radius 1 is 1.03 bits per heavy atom. The van der Waals surface area contributed by atoms with E-state index in [1.165, 1.54) is 5.69 Å². The number of hydrogen-bond donors (Lipinski definition) is 1. The lowest BCUT2D eigenvalue weighted by Gasteiger charge is -2.43. The summed E-state index contributed by atoms with van der Waals surface area (Å²) in [7, 11) is -3.57. The van der Waals surface area contributed by atoms with Crippen molar-refractivity contribution in [1.29, 1.82) is 0 Å². The maximum absolute atomic E-state index is 13.0. The van der Waals surface area contributed by atoms with Gasteiger partial charge < -0.3 is 9.64 Å². The van der Waals surface area contributed by atoms with Crippen LogP contribution in [0.25, 0.3) is 0 Å². The van der Waals surface area contributed by atoms with Gasteiger partial charge >= 0.3 is 0 Å². The van der Waals surface area contributed by atoms with Gasteiger partial charge in [0.25, 0.3) is 0 Å². The zero-order chi connectivity index (χ0) is 25.0. The van der Waals surface area contributed by atoms with Crippen LogP contribution in [0, 0.1) is 0 Å². The second-order valence-electron chi connectivity index (χ2n) is 10.0. The highest BCUT2D eigenvalue weighted by atomic mass is 35.5. The van der Waals surface area contributed by atoms with E-state index in [4.69, 9.17) is 16.3 Å². The molecule has 4 rings (SSSR count). The van der Waals surface area contributed by atoms with Crippen LogP contribution in [0.3, 0.4) is 0 Å². The molecule has 0 amide bonds. The molecule has 0 bridgehead atoms. The predicted molar refractivity (Wildman–Crippen MR) is 144 cm³/mol. The van der Waals surface area contributed by atoms with Crippen LogP contribution < -0.4 is 14.4 Å². The molecule has 1 aromatic rings. The molecule has 1 aliphatic heterocycles. The Kier molecular flexibility index (Phi) is 8.63. The number of hydrogen-bond acceptors (Lipinski definition) is 5. The summed E-state index contributed by atoms with van der Waals surface area (Å²) in [5.74, 6) is 0.953. The summed E-state index contributed by atoms with van der Waals surface area (Å²) in [4.78, 5) is 5.28. The fraction of sp³-hybridized carbons (Fsp3) is 0.556. The largest absolute Gasteiger partial charge is 0.489 e. The van der Waals surface area contributed by atoms with Crippen molar-refractivity contribution in [3.05, 3.63) is 58.0 Å². The fourth-order valence-electron chi connectivity index (χ4n) is 5.18. The van der Waals surface area contributed by atoms with Gasteiger partial charge in [0.05, 0.1) is 16.7 Å². The van der Waals surface area contributed by atoms with E-state index in [0.29, 0.717) is 17.5 Å². The molecule has 35 heavy (non-hydrogen) atoms. The Morgan fingerprint density at radius 2 is 1.71 bits per heavy atom. The highest BCUT2D eigenvalue weighted by Gasteiger charge is 2.31. The standard InChI is InChI=1S/C27H38ClN3O3S/c1-20(2)34-27-10-5-4-9-26(27)31-17-15-30(16-18-31)23-13-11-22(12-14-23)29-35(32,33)24-8-6-7-21(3)25(28)19-24/h4-5,7-10,19-20,22-23,29H,6,11-18H2,1-3H3. The minimum absolute atomic E-state index is 0.0250. The molecule has 6 nitrogen and oxygen atoms in total. The van der Waals surface area contributed by atoms with Crippen molar-refractivity contribution in [3.63, 3.8) is 0 Å². The van der Waals surface area contributed by atoms with Crippen molar-refractivity contribution in [3.8, 4) is 5.75 Å². The number of ether oxygens (including phenoxy) is 1. The second kappa shape index (κ2) is 11.5. The average Bonchev–Trinajstić information content (AvgIpc) is 3.01. The summed E-state index contributed by atoms with van der Waals surface area (Å²) in [5.41, 5.74) is 2.08.